The van der Waals surface area contributed by atoms with E-state index in [9.17, 15) is 19.5 Å². The lowest BCUT2D eigenvalue weighted by molar-refractivity contribution is -0.146. The van der Waals surface area contributed by atoms with E-state index < -0.39 is 41.2 Å². The van der Waals surface area contributed by atoms with Gasteiger partial charge >= 0.3 is 0 Å². The molecule has 1 spiro atoms. The van der Waals surface area contributed by atoms with Gasteiger partial charge in [0.15, 0.2) is 0 Å². The van der Waals surface area contributed by atoms with Gasteiger partial charge in [-0.15, -0.1) is 0 Å². The number of hydrogen-bond acceptors (Lipinski definition) is 5. The molecule has 7 atom stereocenters. The number of likely N-dealkylation sites (tertiary alicyclic amines) is 1. The van der Waals surface area contributed by atoms with E-state index in [2.05, 4.69) is 47.3 Å². The summed E-state index contributed by atoms with van der Waals surface area (Å²) in [5, 5.41) is 16.7. The van der Waals surface area contributed by atoms with Crippen molar-refractivity contribution in [1.29, 1.82) is 0 Å². The SMILES string of the molecule is CC(C)C[C@H](CO)N1C(=O)[C@@H]2[C@H](C(=O)NCc3ccccc3)[C@H]3OC2(CC3Br)C1C(=O)NC(C)(C)CC(C)(C)C. The Bertz CT molecular complexity index is 1100. The van der Waals surface area contributed by atoms with Crippen molar-refractivity contribution in [3.8, 4) is 0 Å². The molecule has 40 heavy (non-hydrogen) atoms. The minimum absolute atomic E-state index is 0.0285. The molecule has 0 aliphatic carbocycles. The van der Waals surface area contributed by atoms with Gasteiger partial charge < -0.3 is 25.4 Å². The lowest BCUT2D eigenvalue weighted by Crippen LogP contribution is -2.61. The fourth-order valence-corrected chi connectivity index (χ4v) is 8.50. The molecule has 0 saturated carbocycles. The van der Waals surface area contributed by atoms with Gasteiger partial charge in [0.25, 0.3) is 0 Å². The third-order valence-electron chi connectivity index (χ3n) is 8.37. The van der Waals surface area contributed by atoms with E-state index in [0.717, 1.165) is 12.0 Å². The van der Waals surface area contributed by atoms with Crippen molar-refractivity contribution in [3.05, 3.63) is 35.9 Å². The van der Waals surface area contributed by atoms with Gasteiger partial charge in [-0.25, -0.2) is 0 Å². The predicted octanol–water partition coefficient (Wildman–Crippen LogP) is 3.79. The van der Waals surface area contributed by atoms with E-state index in [1.54, 1.807) is 4.90 Å². The number of halogens is 1. The monoisotopic (exact) mass is 619 g/mol. The minimum atomic E-state index is -1.16. The van der Waals surface area contributed by atoms with Crippen LogP contribution < -0.4 is 10.6 Å². The molecule has 1 aromatic rings. The number of hydrogen-bond donors (Lipinski definition) is 3. The third kappa shape index (κ3) is 5.97. The second-order valence-electron chi connectivity index (χ2n) is 14.2. The van der Waals surface area contributed by atoms with Crippen LogP contribution in [-0.2, 0) is 25.7 Å². The summed E-state index contributed by atoms with van der Waals surface area (Å²) < 4.78 is 6.62. The van der Waals surface area contributed by atoms with Gasteiger partial charge in [-0.05, 0) is 50.0 Å². The van der Waals surface area contributed by atoms with Crippen LogP contribution in [0, 0.1) is 23.2 Å². The average Bonchev–Trinajstić information content (AvgIpc) is 3.43. The summed E-state index contributed by atoms with van der Waals surface area (Å²) in [5.74, 6) is -2.18. The van der Waals surface area contributed by atoms with Crippen LogP contribution in [0.25, 0.3) is 0 Å². The maximum Gasteiger partial charge on any atom is 0.246 e. The van der Waals surface area contributed by atoms with Crippen molar-refractivity contribution in [3.63, 3.8) is 0 Å². The predicted molar refractivity (Wildman–Crippen MR) is 157 cm³/mol. The van der Waals surface area contributed by atoms with Crippen molar-refractivity contribution >= 4 is 33.7 Å². The first-order valence-corrected chi connectivity index (χ1v) is 15.4. The van der Waals surface area contributed by atoms with E-state index >= 15 is 0 Å². The van der Waals surface area contributed by atoms with E-state index in [4.69, 9.17) is 4.74 Å². The lowest BCUT2D eigenvalue weighted by Gasteiger charge is -2.40. The number of benzene rings is 1. The molecule has 4 rings (SSSR count). The van der Waals surface area contributed by atoms with E-state index in [-0.39, 0.29) is 40.5 Å². The Balaban J connectivity index is 1.70. The first kappa shape index (κ1) is 31.0. The maximum absolute atomic E-state index is 14.3. The number of amides is 3. The van der Waals surface area contributed by atoms with Gasteiger partial charge in [0.05, 0.1) is 30.6 Å². The van der Waals surface area contributed by atoms with Crippen molar-refractivity contribution < 1.29 is 24.2 Å². The van der Waals surface area contributed by atoms with Gasteiger partial charge in [-0.1, -0.05) is 80.9 Å². The van der Waals surface area contributed by atoms with Crippen LogP contribution >= 0.6 is 15.9 Å². The van der Waals surface area contributed by atoms with Crippen LogP contribution in [0.15, 0.2) is 30.3 Å². The van der Waals surface area contributed by atoms with Crippen LogP contribution in [0.3, 0.4) is 0 Å². The molecular formula is C31H46BrN3O5. The Labute approximate surface area is 247 Å². The molecule has 3 saturated heterocycles. The van der Waals surface area contributed by atoms with Gasteiger partial charge in [0, 0.05) is 16.9 Å². The Hall–Kier alpha value is -1.97. The topological polar surface area (TPSA) is 108 Å². The molecule has 2 bridgehead atoms. The number of aliphatic hydroxyl groups is 1. The zero-order valence-electron chi connectivity index (χ0n) is 24.9. The van der Waals surface area contributed by atoms with Crippen molar-refractivity contribution in [2.24, 2.45) is 23.2 Å². The van der Waals surface area contributed by atoms with Crippen molar-refractivity contribution in [2.45, 2.75) is 108 Å². The lowest BCUT2D eigenvalue weighted by atomic mass is 9.70. The summed E-state index contributed by atoms with van der Waals surface area (Å²) in [4.78, 5) is 43.6. The van der Waals surface area contributed by atoms with Crippen LogP contribution in [-0.4, -0.2) is 68.5 Å². The van der Waals surface area contributed by atoms with Gasteiger partial charge in [0.2, 0.25) is 17.7 Å². The molecule has 3 aliphatic heterocycles. The van der Waals surface area contributed by atoms with Gasteiger partial charge in [-0.2, -0.15) is 0 Å². The van der Waals surface area contributed by atoms with E-state index in [1.807, 2.05) is 58.0 Å². The number of aliphatic hydroxyl groups excluding tert-OH is 1. The summed E-state index contributed by atoms with van der Waals surface area (Å²) in [6.45, 7) is 14.5. The highest BCUT2D eigenvalue weighted by Gasteiger charge is 2.77. The zero-order chi connectivity index (χ0) is 29.6. The van der Waals surface area contributed by atoms with Crippen LogP contribution in [0.5, 0.6) is 0 Å². The smallest absolute Gasteiger partial charge is 0.246 e. The number of carbonyl (C=O) groups excluding carboxylic acids is 3. The van der Waals surface area contributed by atoms with E-state index in [1.165, 1.54) is 0 Å². The summed E-state index contributed by atoms with van der Waals surface area (Å²) in [7, 11) is 0. The molecule has 3 N–H and O–H groups in total. The molecule has 3 aliphatic rings. The molecular weight excluding hydrogens is 574 g/mol. The molecule has 0 radical (unpaired) electrons. The second kappa shape index (κ2) is 11.4. The third-order valence-corrected chi connectivity index (χ3v) is 9.21. The molecule has 8 nitrogen and oxygen atoms in total. The molecule has 3 fully saturated rings. The quantitative estimate of drug-likeness (QED) is 0.345. The molecule has 222 valence electrons. The Morgan fingerprint density at radius 2 is 1.80 bits per heavy atom. The second-order valence-corrected chi connectivity index (χ2v) is 15.4. The van der Waals surface area contributed by atoms with Crippen LogP contribution in [0.1, 0.15) is 73.3 Å². The number of nitrogens with zero attached hydrogens (tertiary/aromatic N) is 1. The minimum Gasteiger partial charge on any atom is -0.394 e. The molecule has 9 heteroatoms. The average molecular weight is 621 g/mol. The maximum atomic E-state index is 14.3. The number of ether oxygens (including phenoxy) is 1. The largest absolute Gasteiger partial charge is 0.394 e. The Morgan fingerprint density at radius 1 is 1.15 bits per heavy atom. The van der Waals surface area contributed by atoms with Crippen LogP contribution in [0.2, 0.25) is 0 Å². The molecule has 3 heterocycles. The first-order valence-electron chi connectivity index (χ1n) is 14.5. The van der Waals surface area contributed by atoms with Crippen molar-refractivity contribution in [1.82, 2.24) is 15.5 Å². The number of alkyl halides is 1. The number of rotatable bonds is 10. The normalized spacial score (nSPS) is 30.5. The molecule has 0 aromatic heterocycles. The summed E-state index contributed by atoms with van der Waals surface area (Å²) in [5.41, 5.74) is -0.765. The standard InChI is InChI=1S/C31H46BrN3O5/c1-18(2)13-20(16-36)35-25(27(38)34-30(6,7)17-29(3,4)5)31-14-21(32)24(40-31)22(23(31)28(35)39)26(37)33-15-19-11-9-8-10-12-19/h8-12,18,20-25,36H,13-17H2,1-7H3,(H,33,37)(H,34,38)/t20-,21?,22+,23+,24+,25?,31?/m1/s1. The highest BCUT2D eigenvalue weighted by atomic mass is 79.9. The molecule has 1 aromatic carbocycles. The number of carbonyl (C=O) groups is 3. The highest BCUT2D eigenvalue weighted by Crippen LogP contribution is 2.60. The van der Waals surface area contributed by atoms with Gasteiger partial charge in [-0.3, -0.25) is 14.4 Å². The molecule has 3 unspecified atom stereocenters. The van der Waals surface area contributed by atoms with Crippen LogP contribution in [0.4, 0.5) is 0 Å². The highest BCUT2D eigenvalue weighted by molar-refractivity contribution is 9.09. The fourth-order valence-electron chi connectivity index (χ4n) is 7.56. The fraction of sp³-hybridized carbons (Fsp3) is 0.710. The summed E-state index contributed by atoms with van der Waals surface area (Å²) >= 11 is 3.73. The molecule has 3 amide bonds. The summed E-state index contributed by atoms with van der Waals surface area (Å²) in [6, 6.07) is 8.12. The van der Waals surface area contributed by atoms with E-state index in [0.29, 0.717) is 19.4 Å². The van der Waals surface area contributed by atoms with Crippen molar-refractivity contribution in [2.75, 3.05) is 6.61 Å². The first-order chi connectivity index (χ1) is 18.6. The Kier molecular flexibility index (Phi) is 8.80. The number of fused-ring (bicyclic) bond motifs is 1. The summed E-state index contributed by atoms with van der Waals surface area (Å²) in [6.07, 6.45) is 1.17. The Morgan fingerprint density at radius 3 is 2.38 bits per heavy atom. The zero-order valence-corrected chi connectivity index (χ0v) is 26.5. The number of nitrogens with one attached hydrogen (secondary N) is 2. The van der Waals surface area contributed by atoms with Gasteiger partial charge in [0.1, 0.15) is 11.6 Å².